The SMILES string of the molecule is CC(Oc1ccc(Br)cc1Br)C(=O)c1ccc(NS(C)(=O)=O)cc1. The average molecular weight is 477 g/mol. The van der Waals surface area contributed by atoms with Crippen molar-refractivity contribution in [2.24, 2.45) is 0 Å². The number of Topliss-reactive ketones (excluding diaryl/α,β-unsaturated/α-hetero) is 1. The Labute approximate surface area is 157 Å². The quantitative estimate of drug-likeness (QED) is 0.633. The van der Waals surface area contributed by atoms with Gasteiger partial charge in [-0.25, -0.2) is 8.42 Å². The van der Waals surface area contributed by atoms with Crippen molar-refractivity contribution in [3.8, 4) is 5.75 Å². The Morgan fingerprint density at radius 3 is 2.29 bits per heavy atom. The van der Waals surface area contributed by atoms with E-state index in [4.69, 9.17) is 4.74 Å². The molecule has 2 rings (SSSR count). The first-order valence-corrected chi connectivity index (χ1v) is 10.4. The fourth-order valence-electron chi connectivity index (χ4n) is 1.97. The van der Waals surface area contributed by atoms with Gasteiger partial charge >= 0.3 is 0 Å². The van der Waals surface area contributed by atoms with Crippen LogP contribution in [-0.2, 0) is 10.0 Å². The van der Waals surface area contributed by atoms with Gasteiger partial charge in [0, 0.05) is 15.7 Å². The fraction of sp³-hybridized carbons (Fsp3) is 0.188. The Morgan fingerprint density at radius 1 is 1.12 bits per heavy atom. The molecule has 0 spiro atoms. The first-order chi connectivity index (χ1) is 11.2. The monoisotopic (exact) mass is 475 g/mol. The minimum absolute atomic E-state index is 0.198. The van der Waals surface area contributed by atoms with E-state index in [1.54, 1.807) is 25.1 Å². The number of ketones is 1. The summed E-state index contributed by atoms with van der Waals surface area (Å²) in [7, 11) is -3.34. The van der Waals surface area contributed by atoms with Crippen LogP contribution < -0.4 is 9.46 Å². The Bertz CT molecular complexity index is 851. The highest BCUT2D eigenvalue weighted by atomic mass is 79.9. The van der Waals surface area contributed by atoms with Gasteiger partial charge in [0.1, 0.15) is 5.75 Å². The van der Waals surface area contributed by atoms with E-state index >= 15 is 0 Å². The van der Waals surface area contributed by atoms with Gasteiger partial charge in [0.05, 0.1) is 10.7 Å². The van der Waals surface area contributed by atoms with E-state index in [1.165, 1.54) is 12.1 Å². The molecule has 0 saturated heterocycles. The molecule has 0 radical (unpaired) electrons. The normalized spacial score (nSPS) is 12.5. The lowest BCUT2D eigenvalue weighted by atomic mass is 10.1. The van der Waals surface area contributed by atoms with Crippen LogP contribution in [0, 0.1) is 0 Å². The molecule has 0 heterocycles. The lowest BCUT2D eigenvalue weighted by Gasteiger charge is -2.15. The second-order valence-electron chi connectivity index (χ2n) is 5.15. The second-order valence-corrected chi connectivity index (χ2v) is 8.67. The molecule has 5 nitrogen and oxygen atoms in total. The summed E-state index contributed by atoms with van der Waals surface area (Å²) in [6.45, 7) is 1.67. The van der Waals surface area contributed by atoms with Gasteiger partial charge in [0.25, 0.3) is 0 Å². The van der Waals surface area contributed by atoms with Gasteiger partial charge in [-0.05, 0) is 65.3 Å². The maximum atomic E-state index is 12.4. The van der Waals surface area contributed by atoms with E-state index in [0.29, 0.717) is 17.0 Å². The molecule has 0 saturated carbocycles. The third-order valence-corrected chi connectivity index (χ3v) is 4.76. The maximum absolute atomic E-state index is 12.4. The largest absolute Gasteiger partial charge is 0.481 e. The number of hydrogen-bond acceptors (Lipinski definition) is 4. The molecule has 1 atom stereocenters. The molecule has 1 unspecified atom stereocenters. The Hall–Kier alpha value is -1.38. The van der Waals surface area contributed by atoms with Gasteiger partial charge in [-0.1, -0.05) is 15.9 Å². The molecule has 128 valence electrons. The third-order valence-electron chi connectivity index (χ3n) is 3.04. The number of nitrogens with one attached hydrogen (secondary N) is 1. The standard InChI is InChI=1S/C16H15Br2NO4S/c1-10(23-15-8-5-12(17)9-14(15)18)16(20)11-3-6-13(7-4-11)19-24(2,21)22/h3-10,19H,1-2H3. The van der Waals surface area contributed by atoms with Crippen molar-refractivity contribution < 1.29 is 17.9 Å². The summed E-state index contributed by atoms with van der Waals surface area (Å²) in [5.74, 6) is 0.366. The average Bonchev–Trinajstić information content (AvgIpc) is 2.48. The topological polar surface area (TPSA) is 72.5 Å². The van der Waals surface area contributed by atoms with Gasteiger partial charge in [-0.15, -0.1) is 0 Å². The molecule has 0 aliphatic rings. The summed E-state index contributed by atoms with van der Waals surface area (Å²) in [4.78, 5) is 12.4. The molecular weight excluding hydrogens is 462 g/mol. The van der Waals surface area contributed by atoms with Gasteiger partial charge < -0.3 is 4.74 Å². The number of halogens is 2. The van der Waals surface area contributed by atoms with Crippen molar-refractivity contribution in [1.82, 2.24) is 0 Å². The zero-order valence-electron chi connectivity index (χ0n) is 12.9. The summed E-state index contributed by atoms with van der Waals surface area (Å²) in [6.07, 6.45) is 0.383. The molecule has 2 aromatic rings. The predicted molar refractivity (Wildman–Crippen MR) is 101 cm³/mol. The third kappa shape index (κ3) is 5.32. The molecule has 0 amide bonds. The fourth-order valence-corrected chi connectivity index (χ4v) is 3.67. The first kappa shape index (κ1) is 19.0. The number of sulfonamides is 1. The number of rotatable bonds is 6. The zero-order chi connectivity index (χ0) is 17.9. The lowest BCUT2D eigenvalue weighted by molar-refractivity contribution is 0.0817. The highest BCUT2D eigenvalue weighted by Crippen LogP contribution is 2.29. The second kappa shape index (κ2) is 7.67. The minimum Gasteiger partial charge on any atom is -0.481 e. The summed E-state index contributed by atoms with van der Waals surface area (Å²) < 4.78 is 32.0. The van der Waals surface area contributed by atoms with Crippen molar-refractivity contribution in [2.75, 3.05) is 11.0 Å². The van der Waals surface area contributed by atoms with Gasteiger partial charge in [-0.3, -0.25) is 9.52 Å². The predicted octanol–water partition coefficient (Wildman–Crippen LogP) is 4.23. The van der Waals surface area contributed by atoms with Crippen molar-refractivity contribution in [2.45, 2.75) is 13.0 Å². The van der Waals surface area contributed by atoms with E-state index in [2.05, 4.69) is 36.6 Å². The highest BCUT2D eigenvalue weighted by molar-refractivity contribution is 9.11. The van der Waals surface area contributed by atoms with Gasteiger partial charge in [0.15, 0.2) is 6.10 Å². The molecule has 0 aliphatic heterocycles. The number of benzene rings is 2. The Morgan fingerprint density at radius 2 is 1.75 bits per heavy atom. The molecule has 0 bridgehead atoms. The van der Waals surface area contributed by atoms with E-state index in [1.807, 2.05) is 12.1 Å². The number of ether oxygens (including phenoxy) is 1. The van der Waals surface area contributed by atoms with Crippen molar-refractivity contribution in [1.29, 1.82) is 0 Å². The summed E-state index contributed by atoms with van der Waals surface area (Å²) in [5.41, 5.74) is 0.841. The number of anilines is 1. The number of carbonyl (C=O) groups is 1. The number of hydrogen-bond donors (Lipinski definition) is 1. The molecule has 0 fully saturated rings. The molecular formula is C16H15Br2NO4S. The maximum Gasteiger partial charge on any atom is 0.229 e. The first-order valence-electron chi connectivity index (χ1n) is 6.89. The Balaban J connectivity index is 2.10. The van der Waals surface area contributed by atoms with Crippen LogP contribution in [0.1, 0.15) is 17.3 Å². The van der Waals surface area contributed by atoms with E-state index in [9.17, 15) is 13.2 Å². The van der Waals surface area contributed by atoms with Gasteiger partial charge in [-0.2, -0.15) is 0 Å². The van der Waals surface area contributed by atoms with Crippen LogP contribution in [0.15, 0.2) is 51.4 Å². The van der Waals surface area contributed by atoms with Crippen LogP contribution in [0.4, 0.5) is 5.69 Å². The van der Waals surface area contributed by atoms with Crippen LogP contribution in [0.2, 0.25) is 0 Å². The molecule has 2 aromatic carbocycles. The number of carbonyl (C=O) groups excluding carboxylic acids is 1. The molecule has 8 heteroatoms. The van der Waals surface area contributed by atoms with E-state index in [-0.39, 0.29) is 5.78 Å². The van der Waals surface area contributed by atoms with Crippen LogP contribution in [0.5, 0.6) is 5.75 Å². The van der Waals surface area contributed by atoms with Crippen molar-refractivity contribution in [3.63, 3.8) is 0 Å². The zero-order valence-corrected chi connectivity index (χ0v) is 16.9. The van der Waals surface area contributed by atoms with E-state index in [0.717, 1.165) is 15.2 Å². The van der Waals surface area contributed by atoms with Gasteiger partial charge in [0.2, 0.25) is 15.8 Å². The van der Waals surface area contributed by atoms with Crippen LogP contribution >= 0.6 is 31.9 Å². The molecule has 24 heavy (non-hydrogen) atoms. The van der Waals surface area contributed by atoms with Crippen molar-refractivity contribution >= 4 is 53.4 Å². The minimum atomic E-state index is -3.34. The highest BCUT2D eigenvalue weighted by Gasteiger charge is 2.18. The van der Waals surface area contributed by atoms with Crippen LogP contribution in [0.25, 0.3) is 0 Å². The smallest absolute Gasteiger partial charge is 0.229 e. The summed E-state index contributed by atoms with van der Waals surface area (Å²) in [6, 6.07) is 11.6. The Kier molecular flexibility index (Phi) is 6.06. The van der Waals surface area contributed by atoms with Crippen molar-refractivity contribution in [3.05, 3.63) is 57.0 Å². The summed E-state index contributed by atoms with van der Waals surface area (Å²) in [5, 5.41) is 0. The molecule has 0 aliphatic carbocycles. The van der Waals surface area contributed by atoms with Crippen LogP contribution in [-0.4, -0.2) is 26.6 Å². The lowest BCUT2D eigenvalue weighted by Crippen LogP contribution is -2.24. The van der Waals surface area contributed by atoms with E-state index < -0.39 is 16.1 Å². The molecule has 0 aromatic heterocycles. The summed E-state index contributed by atoms with van der Waals surface area (Å²) >= 11 is 6.74. The van der Waals surface area contributed by atoms with Crippen LogP contribution in [0.3, 0.4) is 0 Å². The molecule has 1 N–H and O–H groups in total.